The summed E-state index contributed by atoms with van der Waals surface area (Å²) in [6.07, 6.45) is 4.24. The third-order valence-electron chi connectivity index (χ3n) is 4.81. The highest BCUT2D eigenvalue weighted by Gasteiger charge is 2.21. The van der Waals surface area contributed by atoms with Gasteiger partial charge in [-0.3, -0.25) is 24.3 Å². The minimum Gasteiger partial charge on any atom is -0.323 e. The van der Waals surface area contributed by atoms with Crippen molar-refractivity contribution in [1.29, 1.82) is 0 Å². The van der Waals surface area contributed by atoms with Gasteiger partial charge >= 0.3 is 5.69 Å². The van der Waals surface area contributed by atoms with Gasteiger partial charge in [0.05, 0.1) is 23.4 Å². The first kappa shape index (κ1) is 20.2. The van der Waals surface area contributed by atoms with Crippen molar-refractivity contribution >= 4 is 17.3 Å². The van der Waals surface area contributed by atoms with Crippen LogP contribution in [-0.2, 0) is 17.9 Å². The van der Waals surface area contributed by atoms with Crippen molar-refractivity contribution in [1.82, 2.24) is 19.6 Å². The number of rotatable bonds is 8. The van der Waals surface area contributed by atoms with Gasteiger partial charge in [-0.25, -0.2) is 0 Å². The highest BCUT2D eigenvalue weighted by molar-refractivity contribution is 5.90. The number of hydrogen-bond donors (Lipinski definition) is 1. The lowest BCUT2D eigenvalue weighted by atomic mass is 10.1. The van der Waals surface area contributed by atoms with Gasteiger partial charge in [-0.15, -0.1) is 0 Å². The maximum Gasteiger partial charge on any atom is 0.312 e. The summed E-state index contributed by atoms with van der Waals surface area (Å²) in [4.78, 5) is 22.8. The topological polar surface area (TPSA) is 108 Å². The minimum atomic E-state index is -0.421. The fraction of sp³-hybridized carbons (Fsp3) is 0.350. The average molecular weight is 396 g/mol. The Morgan fingerprint density at radius 1 is 1.24 bits per heavy atom. The van der Waals surface area contributed by atoms with Gasteiger partial charge in [0.2, 0.25) is 5.91 Å². The number of nitro groups is 1. The summed E-state index contributed by atoms with van der Waals surface area (Å²) in [7, 11) is 0. The molecule has 1 aromatic carbocycles. The Kier molecular flexibility index (Phi) is 6.06. The Hall–Kier alpha value is -3.49. The molecule has 3 aromatic rings. The van der Waals surface area contributed by atoms with Crippen molar-refractivity contribution in [3.8, 4) is 0 Å². The van der Waals surface area contributed by atoms with E-state index in [1.807, 2.05) is 12.1 Å². The summed E-state index contributed by atoms with van der Waals surface area (Å²) in [5.74, 6) is -0.128. The molecule has 29 heavy (non-hydrogen) atoms. The Bertz CT molecular complexity index is 1040. The molecule has 2 aromatic heterocycles. The quantitative estimate of drug-likeness (QED) is 0.464. The van der Waals surface area contributed by atoms with Crippen molar-refractivity contribution in [3.05, 3.63) is 69.3 Å². The molecule has 0 aliphatic carbocycles. The molecule has 0 spiro atoms. The van der Waals surface area contributed by atoms with Crippen LogP contribution >= 0.6 is 0 Å². The standard InChI is InChI=1S/C20H24N6O3/c1-14-7-4-5-8-17(14)12-24-13-18(11-21-24)22-19(27)9-6-10-25-16(3)20(26(28)29)15(2)23-25/h4-5,7-8,11,13H,6,9-10,12H2,1-3H3,(H,22,27). The number of amides is 1. The fourth-order valence-corrected chi connectivity index (χ4v) is 3.26. The van der Waals surface area contributed by atoms with Crippen molar-refractivity contribution in [2.45, 2.75) is 46.7 Å². The number of nitrogens with zero attached hydrogens (tertiary/aromatic N) is 5. The molecule has 0 bridgehead atoms. The van der Waals surface area contributed by atoms with Crippen molar-refractivity contribution in [3.63, 3.8) is 0 Å². The van der Waals surface area contributed by atoms with Gasteiger partial charge in [-0.05, 0) is 38.3 Å². The van der Waals surface area contributed by atoms with E-state index in [0.29, 0.717) is 36.6 Å². The second-order valence-corrected chi connectivity index (χ2v) is 7.00. The summed E-state index contributed by atoms with van der Waals surface area (Å²) >= 11 is 0. The zero-order valence-corrected chi connectivity index (χ0v) is 16.8. The van der Waals surface area contributed by atoms with Crippen LogP contribution in [0.5, 0.6) is 0 Å². The number of anilines is 1. The van der Waals surface area contributed by atoms with Crippen molar-refractivity contribution in [2.75, 3.05) is 5.32 Å². The van der Waals surface area contributed by atoms with E-state index >= 15 is 0 Å². The summed E-state index contributed by atoms with van der Waals surface area (Å²) in [6, 6.07) is 8.10. The zero-order chi connectivity index (χ0) is 21.0. The highest BCUT2D eigenvalue weighted by Crippen LogP contribution is 2.22. The molecule has 2 heterocycles. The van der Waals surface area contributed by atoms with Gasteiger partial charge in [-0.1, -0.05) is 24.3 Å². The number of aryl methyl sites for hydroxylation is 3. The van der Waals surface area contributed by atoms with Crippen molar-refractivity contribution < 1.29 is 9.72 Å². The molecular weight excluding hydrogens is 372 g/mol. The first-order valence-electron chi connectivity index (χ1n) is 9.40. The van der Waals surface area contributed by atoms with E-state index in [1.165, 1.54) is 11.1 Å². The van der Waals surface area contributed by atoms with E-state index < -0.39 is 4.92 Å². The van der Waals surface area contributed by atoms with E-state index in [1.54, 1.807) is 35.6 Å². The smallest absolute Gasteiger partial charge is 0.312 e. The Balaban J connectivity index is 1.50. The first-order valence-corrected chi connectivity index (χ1v) is 9.40. The minimum absolute atomic E-state index is 0.0375. The SMILES string of the molecule is Cc1ccccc1Cn1cc(NC(=O)CCCn2nc(C)c([N+](=O)[O-])c2C)cn1. The Morgan fingerprint density at radius 3 is 2.69 bits per heavy atom. The van der Waals surface area contributed by atoms with Crippen LogP contribution in [0.25, 0.3) is 0 Å². The molecular formula is C20H24N6O3. The maximum absolute atomic E-state index is 12.2. The highest BCUT2D eigenvalue weighted by atomic mass is 16.6. The van der Waals surface area contributed by atoms with Gasteiger partial charge in [-0.2, -0.15) is 10.2 Å². The van der Waals surface area contributed by atoms with Crippen LogP contribution < -0.4 is 5.32 Å². The fourth-order valence-electron chi connectivity index (χ4n) is 3.26. The van der Waals surface area contributed by atoms with Gasteiger partial charge in [0.15, 0.2) is 0 Å². The molecule has 3 rings (SSSR count). The summed E-state index contributed by atoms with van der Waals surface area (Å²) < 4.78 is 3.37. The second-order valence-electron chi connectivity index (χ2n) is 7.00. The molecule has 9 nitrogen and oxygen atoms in total. The molecule has 0 radical (unpaired) electrons. The molecule has 0 saturated carbocycles. The number of nitrogens with one attached hydrogen (secondary N) is 1. The number of hydrogen-bond acceptors (Lipinski definition) is 5. The summed E-state index contributed by atoms with van der Waals surface area (Å²) in [5.41, 5.74) is 3.94. The molecule has 0 saturated heterocycles. The normalized spacial score (nSPS) is 10.9. The molecule has 0 aliphatic rings. The molecule has 0 unspecified atom stereocenters. The number of benzene rings is 1. The van der Waals surface area contributed by atoms with Crippen LogP contribution in [0.2, 0.25) is 0 Å². The number of carbonyl (C=O) groups is 1. The van der Waals surface area contributed by atoms with Crippen LogP contribution in [0.1, 0.15) is 35.4 Å². The molecule has 0 aliphatic heterocycles. The van der Waals surface area contributed by atoms with Gasteiger partial charge in [0.25, 0.3) is 0 Å². The number of carbonyl (C=O) groups excluding carboxylic acids is 1. The van der Waals surface area contributed by atoms with Gasteiger partial charge in [0.1, 0.15) is 11.4 Å². The Morgan fingerprint density at radius 2 is 2.00 bits per heavy atom. The second kappa shape index (κ2) is 8.68. The molecule has 0 fully saturated rings. The van der Waals surface area contributed by atoms with Crippen LogP contribution in [-0.4, -0.2) is 30.4 Å². The third kappa shape index (κ3) is 4.87. The van der Waals surface area contributed by atoms with Gasteiger partial charge < -0.3 is 5.32 Å². The van der Waals surface area contributed by atoms with Gasteiger partial charge in [0, 0.05) is 19.2 Å². The van der Waals surface area contributed by atoms with E-state index in [9.17, 15) is 14.9 Å². The monoisotopic (exact) mass is 396 g/mol. The average Bonchev–Trinajstić information content (AvgIpc) is 3.20. The zero-order valence-electron chi connectivity index (χ0n) is 16.8. The predicted molar refractivity (Wildman–Crippen MR) is 109 cm³/mol. The van der Waals surface area contributed by atoms with E-state index in [0.717, 1.165) is 0 Å². The molecule has 9 heteroatoms. The lowest BCUT2D eigenvalue weighted by molar-refractivity contribution is -0.386. The van der Waals surface area contributed by atoms with E-state index in [4.69, 9.17) is 0 Å². The van der Waals surface area contributed by atoms with Crippen molar-refractivity contribution in [2.24, 2.45) is 0 Å². The summed E-state index contributed by atoms with van der Waals surface area (Å²) in [5, 5.41) is 22.4. The largest absolute Gasteiger partial charge is 0.323 e. The molecule has 0 atom stereocenters. The molecule has 1 amide bonds. The van der Waals surface area contributed by atoms with E-state index in [-0.39, 0.29) is 18.0 Å². The van der Waals surface area contributed by atoms with Crippen LogP contribution in [0.3, 0.4) is 0 Å². The lowest BCUT2D eigenvalue weighted by Gasteiger charge is -2.06. The van der Waals surface area contributed by atoms with Crippen LogP contribution in [0, 0.1) is 30.9 Å². The summed E-state index contributed by atoms with van der Waals surface area (Å²) in [6.45, 7) is 6.42. The van der Waals surface area contributed by atoms with E-state index in [2.05, 4.69) is 34.6 Å². The first-order chi connectivity index (χ1) is 13.8. The van der Waals surface area contributed by atoms with Crippen LogP contribution in [0.4, 0.5) is 11.4 Å². The third-order valence-corrected chi connectivity index (χ3v) is 4.81. The number of aromatic nitrogens is 4. The molecule has 1 N–H and O–H groups in total. The predicted octanol–water partition coefficient (Wildman–Crippen LogP) is 3.38. The van der Waals surface area contributed by atoms with Crippen LogP contribution in [0.15, 0.2) is 36.7 Å². The Labute approximate surface area is 168 Å². The lowest BCUT2D eigenvalue weighted by Crippen LogP contribution is -2.13. The maximum atomic E-state index is 12.2. The molecule has 152 valence electrons.